The molecule has 0 saturated carbocycles. The zero-order valence-electron chi connectivity index (χ0n) is 12.0. The van der Waals surface area contributed by atoms with Crippen molar-refractivity contribution in [2.24, 2.45) is 0 Å². The van der Waals surface area contributed by atoms with Gasteiger partial charge in [0.15, 0.2) is 0 Å². The third kappa shape index (κ3) is 2.63. The summed E-state index contributed by atoms with van der Waals surface area (Å²) in [5.41, 5.74) is 0.384. The fourth-order valence-corrected chi connectivity index (χ4v) is 2.91. The number of carbonyl (C=O) groups is 4. The van der Waals surface area contributed by atoms with Crippen LogP contribution in [0.15, 0.2) is 18.2 Å². The van der Waals surface area contributed by atoms with E-state index in [1.54, 1.807) is 12.1 Å². The van der Waals surface area contributed by atoms with Crippen LogP contribution in [0, 0.1) is 0 Å². The molecule has 1 N–H and O–H groups in total. The number of nitrogens with zero attached hydrogens (tertiary/aromatic N) is 1. The summed E-state index contributed by atoms with van der Waals surface area (Å²) >= 11 is 3.23. The van der Waals surface area contributed by atoms with Crippen LogP contribution in [0.5, 0.6) is 5.75 Å². The molecule has 1 saturated heterocycles. The van der Waals surface area contributed by atoms with Crippen LogP contribution in [0.25, 0.3) is 0 Å². The normalized spacial score (nSPS) is 20.6. The molecule has 1 atom stereocenters. The second-order valence-electron chi connectivity index (χ2n) is 5.16. The van der Waals surface area contributed by atoms with E-state index < -0.39 is 29.7 Å². The van der Waals surface area contributed by atoms with Crippen LogP contribution in [0.3, 0.4) is 0 Å². The van der Waals surface area contributed by atoms with Crippen LogP contribution < -0.4 is 10.1 Å². The molecule has 1 aromatic rings. The first kappa shape index (κ1) is 15.7. The topological polar surface area (TPSA) is 92.8 Å². The lowest BCUT2D eigenvalue weighted by Crippen LogP contribution is -2.54. The standard InChI is InChI=1S/C15H13BrN2O5/c16-6-7-23-10-3-1-2-8-12(10)15(22)18(14(8)21)9-4-5-11(19)17-13(9)20/h1-3,9H,4-7H2,(H,17,19,20). The molecule has 0 spiro atoms. The van der Waals surface area contributed by atoms with Gasteiger partial charge in [-0.05, 0) is 18.6 Å². The quantitative estimate of drug-likeness (QED) is 0.617. The predicted molar refractivity (Wildman–Crippen MR) is 82.4 cm³/mol. The van der Waals surface area contributed by atoms with Gasteiger partial charge in [-0.15, -0.1) is 0 Å². The van der Waals surface area contributed by atoms with Gasteiger partial charge in [-0.1, -0.05) is 22.0 Å². The number of alkyl halides is 1. The third-order valence-electron chi connectivity index (χ3n) is 3.76. The van der Waals surface area contributed by atoms with Crippen molar-refractivity contribution in [1.82, 2.24) is 10.2 Å². The molecule has 120 valence electrons. The lowest BCUT2D eigenvalue weighted by Gasteiger charge is -2.27. The summed E-state index contributed by atoms with van der Waals surface area (Å²) in [4.78, 5) is 49.3. The highest BCUT2D eigenvalue weighted by Gasteiger charge is 2.45. The predicted octanol–water partition coefficient (Wildman–Crippen LogP) is 0.861. The molecule has 0 bridgehead atoms. The lowest BCUT2D eigenvalue weighted by molar-refractivity contribution is -0.136. The van der Waals surface area contributed by atoms with Gasteiger partial charge in [0, 0.05) is 11.8 Å². The van der Waals surface area contributed by atoms with Crippen molar-refractivity contribution >= 4 is 39.6 Å². The van der Waals surface area contributed by atoms with Gasteiger partial charge in [0.25, 0.3) is 11.8 Å². The molecule has 7 nitrogen and oxygen atoms in total. The van der Waals surface area contributed by atoms with Crippen LogP contribution >= 0.6 is 15.9 Å². The summed E-state index contributed by atoms with van der Waals surface area (Å²) in [7, 11) is 0. The van der Waals surface area contributed by atoms with Gasteiger partial charge < -0.3 is 4.74 Å². The number of benzene rings is 1. The van der Waals surface area contributed by atoms with Crippen molar-refractivity contribution in [3.05, 3.63) is 29.3 Å². The zero-order valence-corrected chi connectivity index (χ0v) is 13.6. The van der Waals surface area contributed by atoms with Gasteiger partial charge in [0.1, 0.15) is 11.8 Å². The maximum atomic E-state index is 12.7. The van der Waals surface area contributed by atoms with E-state index in [9.17, 15) is 19.2 Å². The zero-order chi connectivity index (χ0) is 16.6. The molecule has 3 rings (SSSR count). The molecule has 0 aliphatic carbocycles. The van der Waals surface area contributed by atoms with Gasteiger partial charge >= 0.3 is 0 Å². The first-order valence-corrected chi connectivity index (χ1v) is 8.20. The second kappa shape index (κ2) is 6.11. The molecule has 1 aromatic carbocycles. The molecular formula is C15H13BrN2O5. The Labute approximate surface area is 140 Å². The van der Waals surface area contributed by atoms with Crippen molar-refractivity contribution in [3.63, 3.8) is 0 Å². The van der Waals surface area contributed by atoms with E-state index >= 15 is 0 Å². The van der Waals surface area contributed by atoms with Crippen LogP contribution in [-0.2, 0) is 9.59 Å². The second-order valence-corrected chi connectivity index (χ2v) is 5.96. The SMILES string of the molecule is O=C1CCC(N2C(=O)c3cccc(OCCBr)c3C2=O)C(=O)N1. The number of hydrogen-bond acceptors (Lipinski definition) is 5. The number of hydrogen-bond donors (Lipinski definition) is 1. The molecule has 0 radical (unpaired) electrons. The van der Waals surface area contributed by atoms with E-state index in [-0.39, 0.29) is 24.0 Å². The van der Waals surface area contributed by atoms with E-state index in [2.05, 4.69) is 21.2 Å². The molecule has 1 unspecified atom stereocenters. The molecule has 2 aliphatic heterocycles. The number of rotatable bonds is 4. The van der Waals surface area contributed by atoms with E-state index in [1.165, 1.54) is 6.07 Å². The number of piperidine rings is 1. The highest BCUT2D eigenvalue weighted by atomic mass is 79.9. The van der Waals surface area contributed by atoms with Crippen LogP contribution in [-0.4, -0.2) is 46.5 Å². The number of carbonyl (C=O) groups excluding carboxylic acids is 4. The van der Waals surface area contributed by atoms with E-state index in [0.717, 1.165) is 4.90 Å². The minimum Gasteiger partial charge on any atom is -0.492 e. The monoisotopic (exact) mass is 380 g/mol. The van der Waals surface area contributed by atoms with Crippen molar-refractivity contribution in [3.8, 4) is 5.75 Å². The first-order chi connectivity index (χ1) is 11.0. The first-order valence-electron chi connectivity index (χ1n) is 7.08. The number of amides is 4. The summed E-state index contributed by atoms with van der Waals surface area (Å²) in [6.45, 7) is 0.344. The fraction of sp³-hybridized carbons (Fsp3) is 0.333. The Morgan fingerprint density at radius 1 is 1.22 bits per heavy atom. The summed E-state index contributed by atoms with van der Waals surface area (Å²) in [6, 6.07) is 3.80. The Hall–Kier alpha value is -2.22. The average Bonchev–Trinajstić information content (AvgIpc) is 2.78. The summed E-state index contributed by atoms with van der Waals surface area (Å²) in [6.07, 6.45) is 0.227. The molecular weight excluding hydrogens is 368 g/mol. The van der Waals surface area contributed by atoms with Crippen LogP contribution in [0.2, 0.25) is 0 Å². The molecule has 8 heteroatoms. The van der Waals surface area contributed by atoms with Gasteiger partial charge in [0.05, 0.1) is 17.7 Å². The smallest absolute Gasteiger partial charge is 0.266 e. The van der Waals surface area contributed by atoms with Crippen molar-refractivity contribution in [2.75, 3.05) is 11.9 Å². The van der Waals surface area contributed by atoms with E-state index in [0.29, 0.717) is 17.7 Å². The van der Waals surface area contributed by atoms with Crippen molar-refractivity contribution in [1.29, 1.82) is 0 Å². The van der Waals surface area contributed by atoms with E-state index in [1.807, 2.05) is 0 Å². The minimum absolute atomic E-state index is 0.0940. The van der Waals surface area contributed by atoms with Gasteiger partial charge in [-0.2, -0.15) is 0 Å². The highest BCUT2D eigenvalue weighted by molar-refractivity contribution is 9.09. The number of halogens is 1. The molecule has 2 heterocycles. The largest absolute Gasteiger partial charge is 0.492 e. The number of ether oxygens (including phenoxy) is 1. The Kier molecular flexibility index (Phi) is 4.16. The Morgan fingerprint density at radius 2 is 2.00 bits per heavy atom. The molecule has 2 aliphatic rings. The Morgan fingerprint density at radius 3 is 2.70 bits per heavy atom. The maximum Gasteiger partial charge on any atom is 0.266 e. The Balaban J connectivity index is 1.94. The van der Waals surface area contributed by atoms with Crippen molar-refractivity contribution in [2.45, 2.75) is 18.9 Å². The van der Waals surface area contributed by atoms with Crippen LogP contribution in [0.1, 0.15) is 33.6 Å². The highest BCUT2D eigenvalue weighted by Crippen LogP contribution is 2.33. The van der Waals surface area contributed by atoms with Crippen LogP contribution in [0.4, 0.5) is 0 Å². The number of fused-ring (bicyclic) bond motifs is 1. The maximum absolute atomic E-state index is 12.7. The van der Waals surface area contributed by atoms with Crippen molar-refractivity contribution < 1.29 is 23.9 Å². The Bertz CT molecular complexity index is 718. The lowest BCUT2D eigenvalue weighted by atomic mass is 10.0. The van der Waals surface area contributed by atoms with E-state index in [4.69, 9.17) is 4.74 Å². The molecule has 0 aromatic heterocycles. The summed E-state index contributed by atoms with van der Waals surface area (Å²) in [5, 5.41) is 2.74. The fourth-order valence-electron chi connectivity index (χ4n) is 2.75. The number of imide groups is 2. The summed E-state index contributed by atoms with van der Waals surface area (Å²) < 4.78 is 5.50. The number of nitrogens with one attached hydrogen (secondary N) is 1. The molecule has 1 fully saturated rings. The average molecular weight is 381 g/mol. The summed E-state index contributed by atoms with van der Waals surface area (Å²) in [5.74, 6) is -1.81. The van der Waals surface area contributed by atoms with Gasteiger partial charge in [-0.3, -0.25) is 29.4 Å². The molecule has 4 amide bonds. The van der Waals surface area contributed by atoms with Gasteiger partial charge in [-0.25, -0.2) is 0 Å². The third-order valence-corrected chi connectivity index (χ3v) is 4.09. The minimum atomic E-state index is -0.968. The van der Waals surface area contributed by atoms with Gasteiger partial charge in [0.2, 0.25) is 11.8 Å². The molecule has 23 heavy (non-hydrogen) atoms.